The summed E-state index contributed by atoms with van der Waals surface area (Å²) >= 11 is 0. The van der Waals surface area contributed by atoms with Gasteiger partial charge in [-0.1, -0.05) is 61.4 Å². The zero-order valence-electron chi connectivity index (χ0n) is 16.4. The molecule has 2 heterocycles. The Hall–Kier alpha value is -2.95. The van der Waals surface area contributed by atoms with Crippen LogP contribution in [0.15, 0.2) is 65.1 Å². The lowest BCUT2D eigenvalue weighted by Crippen LogP contribution is -2.48. The van der Waals surface area contributed by atoms with Crippen LogP contribution in [-0.2, 0) is 0 Å². The van der Waals surface area contributed by atoms with Crippen LogP contribution in [0, 0.1) is 0 Å². The van der Waals surface area contributed by atoms with Gasteiger partial charge in [0.1, 0.15) is 0 Å². The molecule has 1 aliphatic heterocycles. The summed E-state index contributed by atoms with van der Waals surface area (Å²) in [5.74, 6) is 2.38. The van der Waals surface area contributed by atoms with Gasteiger partial charge in [-0.25, -0.2) is 0 Å². The number of benzene rings is 2. The first kappa shape index (κ1) is 18.1. The van der Waals surface area contributed by atoms with Crippen LogP contribution in [0.4, 0.5) is 0 Å². The van der Waals surface area contributed by atoms with E-state index in [9.17, 15) is 4.79 Å². The van der Waals surface area contributed by atoms with Crippen LogP contribution in [-0.4, -0.2) is 34.1 Å². The van der Waals surface area contributed by atoms with Gasteiger partial charge in [0, 0.05) is 24.6 Å². The highest BCUT2D eigenvalue weighted by atomic mass is 16.4. The van der Waals surface area contributed by atoms with Crippen LogP contribution >= 0.6 is 0 Å². The van der Waals surface area contributed by atoms with Crippen molar-refractivity contribution in [2.75, 3.05) is 13.1 Å². The smallest absolute Gasteiger partial charge is 0.253 e. The Kier molecular flexibility index (Phi) is 4.88. The van der Waals surface area contributed by atoms with E-state index in [0.717, 1.165) is 24.3 Å². The molecule has 1 aliphatic carbocycles. The van der Waals surface area contributed by atoms with Crippen LogP contribution in [0.2, 0.25) is 0 Å². The van der Waals surface area contributed by atoms with Crippen molar-refractivity contribution in [1.29, 1.82) is 0 Å². The molecule has 0 bridgehead atoms. The molecule has 5 heteroatoms. The van der Waals surface area contributed by atoms with Gasteiger partial charge in [-0.05, 0) is 36.5 Å². The van der Waals surface area contributed by atoms with Gasteiger partial charge in [0.15, 0.2) is 0 Å². The summed E-state index contributed by atoms with van der Waals surface area (Å²) in [6.45, 7) is 1.28. The van der Waals surface area contributed by atoms with Crippen LogP contribution in [0.1, 0.15) is 71.1 Å². The molecule has 1 amide bonds. The number of amides is 1. The normalized spacial score (nSPS) is 22.3. The van der Waals surface area contributed by atoms with Gasteiger partial charge in [-0.3, -0.25) is 4.79 Å². The van der Waals surface area contributed by atoms with E-state index in [2.05, 4.69) is 40.5 Å². The molecule has 2 atom stereocenters. The Labute approximate surface area is 170 Å². The highest BCUT2D eigenvalue weighted by molar-refractivity contribution is 5.94. The molecular weight excluding hydrogens is 362 g/mol. The number of carbonyl (C=O) groups excluding carboxylic acids is 1. The third-order valence-electron chi connectivity index (χ3n) is 6.31. The van der Waals surface area contributed by atoms with Gasteiger partial charge in [-0.2, -0.15) is 0 Å². The fourth-order valence-electron chi connectivity index (χ4n) is 4.65. The third-order valence-corrected chi connectivity index (χ3v) is 6.31. The molecule has 3 aromatic rings. The molecule has 2 aromatic carbocycles. The minimum Gasteiger partial charge on any atom is -0.425 e. The highest BCUT2D eigenvalue weighted by Crippen LogP contribution is 2.44. The van der Waals surface area contributed by atoms with Gasteiger partial charge in [0.25, 0.3) is 5.91 Å². The van der Waals surface area contributed by atoms with E-state index in [0.29, 0.717) is 24.9 Å². The molecule has 1 saturated carbocycles. The monoisotopic (exact) mass is 387 g/mol. The molecule has 0 radical (unpaired) electrons. The average Bonchev–Trinajstić information content (AvgIpc) is 3.23. The van der Waals surface area contributed by atoms with E-state index in [1.165, 1.54) is 18.4 Å². The maximum absolute atomic E-state index is 12.5. The number of hydrogen-bond donors (Lipinski definition) is 0. The number of aromatic nitrogens is 2. The van der Waals surface area contributed by atoms with E-state index in [1.54, 1.807) is 0 Å². The van der Waals surface area contributed by atoms with Crippen LogP contribution in [0.25, 0.3) is 0 Å². The molecule has 2 fully saturated rings. The summed E-state index contributed by atoms with van der Waals surface area (Å²) in [6, 6.07) is 20.1. The van der Waals surface area contributed by atoms with Crippen LogP contribution in [0.3, 0.4) is 0 Å². The van der Waals surface area contributed by atoms with Crippen molar-refractivity contribution in [3.8, 4) is 0 Å². The SMILES string of the molecule is O=C(c1ccccc1)N1CC(c2nnc(C3CCCCC3c3ccccc3)o2)C1. The van der Waals surface area contributed by atoms with Crippen molar-refractivity contribution in [3.63, 3.8) is 0 Å². The zero-order valence-corrected chi connectivity index (χ0v) is 16.4. The number of nitrogens with zero attached hydrogens (tertiary/aromatic N) is 3. The van der Waals surface area contributed by atoms with E-state index in [-0.39, 0.29) is 17.7 Å². The lowest BCUT2D eigenvalue weighted by molar-refractivity contribution is 0.0574. The highest BCUT2D eigenvalue weighted by Gasteiger charge is 2.37. The fourth-order valence-corrected chi connectivity index (χ4v) is 4.65. The number of hydrogen-bond acceptors (Lipinski definition) is 4. The van der Waals surface area contributed by atoms with Gasteiger partial charge >= 0.3 is 0 Å². The van der Waals surface area contributed by atoms with Gasteiger partial charge in [0.2, 0.25) is 11.8 Å². The standard InChI is InChI=1S/C24H25N3O2/c28-24(18-11-5-2-6-12-18)27-15-19(16-27)22-25-26-23(29-22)21-14-8-7-13-20(21)17-9-3-1-4-10-17/h1-6,9-12,19-21H,7-8,13-16H2. The maximum atomic E-state index is 12.5. The van der Waals surface area contributed by atoms with Crippen molar-refractivity contribution in [3.05, 3.63) is 83.6 Å². The van der Waals surface area contributed by atoms with Crippen LogP contribution < -0.4 is 0 Å². The van der Waals surface area contributed by atoms with Crippen LogP contribution in [0.5, 0.6) is 0 Å². The second-order valence-corrected chi connectivity index (χ2v) is 8.16. The van der Waals surface area contributed by atoms with Gasteiger partial charge in [-0.15, -0.1) is 10.2 Å². The molecule has 148 valence electrons. The zero-order chi connectivity index (χ0) is 19.6. The summed E-state index contributed by atoms with van der Waals surface area (Å²) in [7, 11) is 0. The fraction of sp³-hybridized carbons (Fsp3) is 0.375. The van der Waals surface area contributed by atoms with Gasteiger partial charge < -0.3 is 9.32 Å². The Morgan fingerprint density at radius 2 is 1.45 bits per heavy atom. The predicted molar refractivity (Wildman–Crippen MR) is 110 cm³/mol. The lowest BCUT2D eigenvalue weighted by atomic mass is 9.75. The summed E-state index contributed by atoms with van der Waals surface area (Å²) in [4.78, 5) is 14.4. The second kappa shape index (κ2) is 7.82. The number of carbonyl (C=O) groups is 1. The van der Waals surface area contributed by atoms with E-state index < -0.39 is 0 Å². The largest absolute Gasteiger partial charge is 0.425 e. The molecule has 0 N–H and O–H groups in total. The summed E-state index contributed by atoms with van der Waals surface area (Å²) in [6.07, 6.45) is 4.70. The summed E-state index contributed by atoms with van der Waals surface area (Å²) in [5.41, 5.74) is 2.09. The summed E-state index contributed by atoms with van der Waals surface area (Å²) in [5, 5.41) is 8.78. The van der Waals surface area contributed by atoms with Crippen molar-refractivity contribution < 1.29 is 9.21 Å². The molecule has 5 nitrogen and oxygen atoms in total. The Bertz CT molecular complexity index is 964. The summed E-state index contributed by atoms with van der Waals surface area (Å²) < 4.78 is 6.15. The Morgan fingerprint density at radius 1 is 0.828 bits per heavy atom. The molecule has 1 saturated heterocycles. The molecule has 2 aliphatic rings. The maximum Gasteiger partial charge on any atom is 0.253 e. The van der Waals surface area contributed by atoms with E-state index in [4.69, 9.17) is 4.42 Å². The average molecular weight is 387 g/mol. The first-order valence-electron chi connectivity index (χ1n) is 10.5. The van der Waals surface area contributed by atoms with E-state index in [1.807, 2.05) is 35.2 Å². The van der Waals surface area contributed by atoms with Crippen molar-refractivity contribution in [2.45, 2.75) is 43.4 Å². The number of rotatable bonds is 4. The first-order chi connectivity index (χ1) is 14.3. The van der Waals surface area contributed by atoms with Gasteiger partial charge in [0.05, 0.1) is 5.92 Å². The third kappa shape index (κ3) is 3.57. The Balaban J connectivity index is 1.27. The molecule has 29 heavy (non-hydrogen) atoms. The van der Waals surface area contributed by atoms with E-state index >= 15 is 0 Å². The number of likely N-dealkylation sites (tertiary alicyclic amines) is 1. The minimum absolute atomic E-state index is 0.0676. The lowest BCUT2D eigenvalue weighted by Gasteiger charge is -2.37. The molecule has 5 rings (SSSR count). The predicted octanol–water partition coefficient (Wildman–Crippen LogP) is 4.75. The topological polar surface area (TPSA) is 59.2 Å². The molecule has 1 aromatic heterocycles. The minimum atomic E-state index is 0.0676. The quantitative estimate of drug-likeness (QED) is 0.648. The van der Waals surface area contributed by atoms with Crippen molar-refractivity contribution in [2.24, 2.45) is 0 Å². The first-order valence-corrected chi connectivity index (χ1v) is 10.5. The van der Waals surface area contributed by atoms with Crippen molar-refractivity contribution >= 4 is 5.91 Å². The molecule has 0 spiro atoms. The Morgan fingerprint density at radius 3 is 2.17 bits per heavy atom. The molecule has 2 unspecified atom stereocenters. The molecular formula is C24H25N3O2. The second-order valence-electron chi connectivity index (χ2n) is 8.16. The van der Waals surface area contributed by atoms with Crippen molar-refractivity contribution in [1.82, 2.24) is 15.1 Å².